The van der Waals surface area contributed by atoms with E-state index < -0.39 is 0 Å². The Morgan fingerprint density at radius 3 is 2.70 bits per heavy atom. The second-order valence-electron chi connectivity index (χ2n) is 4.17. The van der Waals surface area contributed by atoms with E-state index in [0.717, 1.165) is 0 Å². The number of carbonyl (C=O) groups excluding carboxylic acids is 1. The number of hydrogen-bond donors (Lipinski definition) is 1. The summed E-state index contributed by atoms with van der Waals surface area (Å²) in [5.74, 6) is 1.62. The topological polar surface area (TPSA) is 69.1 Å². The van der Waals surface area contributed by atoms with Crippen LogP contribution in [0.3, 0.4) is 0 Å². The Balaban J connectivity index is 2.33. The van der Waals surface area contributed by atoms with E-state index in [1.165, 1.54) is 11.8 Å². The molecule has 0 radical (unpaired) electrons. The third kappa shape index (κ3) is 2.88. The molecule has 0 bridgehead atoms. The number of H-pyrrole nitrogens is 1. The van der Waals surface area contributed by atoms with Gasteiger partial charge >= 0.3 is 0 Å². The van der Waals surface area contributed by atoms with Gasteiger partial charge in [-0.3, -0.25) is 14.6 Å². The predicted octanol–water partition coefficient (Wildman–Crippen LogP) is 2.15. The zero-order chi connectivity index (χ0) is 14.7. The van der Waals surface area contributed by atoms with Crippen LogP contribution in [0, 0.1) is 11.7 Å². The highest BCUT2D eigenvalue weighted by Crippen LogP contribution is 2.24. The molecule has 0 unspecified atom stereocenters. The lowest BCUT2D eigenvalue weighted by atomic mass is 10.1. The molecule has 0 aliphatic heterocycles. The Morgan fingerprint density at radius 2 is 2.15 bits per heavy atom. The van der Waals surface area contributed by atoms with Crippen LogP contribution in [0.4, 0.5) is 0 Å². The number of hydrogen-bond acceptors (Lipinski definition) is 5. The smallest absolute Gasteiger partial charge is 0.216 e. The first-order valence-electron chi connectivity index (χ1n) is 5.94. The number of benzene rings is 1. The van der Waals surface area contributed by atoms with E-state index in [2.05, 4.69) is 10.1 Å². The maximum atomic E-state index is 12.4. The molecule has 20 heavy (non-hydrogen) atoms. The van der Waals surface area contributed by atoms with Gasteiger partial charge in [0.05, 0.1) is 19.8 Å². The lowest BCUT2D eigenvalue weighted by Crippen LogP contribution is -2.13. The minimum atomic E-state index is -0.138. The van der Waals surface area contributed by atoms with Crippen LogP contribution in [0.1, 0.15) is 16.2 Å². The molecule has 1 aromatic heterocycles. The molecular weight excluding hydrogens is 278 g/mol. The molecule has 0 saturated carbocycles. The molecule has 0 aliphatic rings. The lowest BCUT2D eigenvalue weighted by Gasteiger charge is -2.09. The second kappa shape index (κ2) is 5.87. The van der Waals surface area contributed by atoms with Gasteiger partial charge in [-0.1, -0.05) is 0 Å². The Bertz CT molecular complexity index is 690. The molecule has 7 heteroatoms. The van der Waals surface area contributed by atoms with E-state index in [9.17, 15) is 4.79 Å². The molecule has 0 fully saturated rings. The van der Waals surface area contributed by atoms with Gasteiger partial charge < -0.3 is 9.47 Å². The van der Waals surface area contributed by atoms with Crippen LogP contribution in [0.2, 0.25) is 0 Å². The van der Waals surface area contributed by atoms with Gasteiger partial charge in [0.25, 0.3) is 0 Å². The highest BCUT2D eigenvalue weighted by molar-refractivity contribution is 7.71. The van der Waals surface area contributed by atoms with Crippen molar-refractivity contribution in [3.8, 4) is 11.5 Å². The molecule has 0 spiro atoms. The number of nitrogens with one attached hydrogen (secondary N) is 1. The molecule has 1 aromatic carbocycles. The van der Waals surface area contributed by atoms with E-state index in [-0.39, 0.29) is 12.3 Å². The number of aromatic amines is 1. The lowest BCUT2D eigenvalue weighted by molar-refractivity contribution is 0.0963. The third-order valence-corrected chi connectivity index (χ3v) is 3.11. The first kappa shape index (κ1) is 14.3. The number of aromatic nitrogens is 3. The molecule has 2 rings (SSSR count). The molecule has 6 nitrogen and oxygen atoms in total. The van der Waals surface area contributed by atoms with Crippen molar-refractivity contribution >= 4 is 18.0 Å². The molecule has 106 valence electrons. The fourth-order valence-corrected chi connectivity index (χ4v) is 2.09. The fraction of sp³-hybridized carbons (Fsp3) is 0.308. The quantitative estimate of drug-likeness (QED) is 0.675. The Hall–Kier alpha value is -2.15. The average molecular weight is 293 g/mol. The summed E-state index contributed by atoms with van der Waals surface area (Å²) in [6.45, 7) is 1.85. The number of Topliss-reactive ketones (excluding diaryl/α,β-unsaturated/α-hetero) is 1. The molecule has 0 saturated heterocycles. The number of aryl methyl sites for hydroxylation is 1. The molecule has 1 heterocycles. The molecule has 1 N–H and O–H groups in total. The highest BCUT2D eigenvalue weighted by atomic mass is 32.1. The minimum Gasteiger partial charge on any atom is -0.497 e. The van der Waals surface area contributed by atoms with E-state index >= 15 is 0 Å². The van der Waals surface area contributed by atoms with Crippen LogP contribution in [-0.4, -0.2) is 34.8 Å². The predicted molar refractivity (Wildman–Crippen MR) is 76.0 cm³/mol. The number of rotatable bonds is 5. The van der Waals surface area contributed by atoms with Crippen molar-refractivity contribution in [1.82, 2.24) is 14.8 Å². The van der Waals surface area contributed by atoms with Crippen LogP contribution in [0.25, 0.3) is 0 Å². The molecule has 0 atom stereocenters. The van der Waals surface area contributed by atoms with Crippen molar-refractivity contribution in [2.24, 2.45) is 0 Å². The maximum Gasteiger partial charge on any atom is 0.216 e. The first-order chi connectivity index (χ1) is 9.55. The normalized spacial score (nSPS) is 10.3. The second-order valence-corrected chi connectivity index (χ2v) is 4.53. The Kier molecular flexibility index (Phi) is 4.19. The van der Waals surface area contributed by atoms with Crippen LogP contribution in [0.15, 0.2) is 18.2 Å². The number of methoxy groups -OCH3 is 2. The summed E-state index contributed by atoms with van der Waals surface area (Å²) in [7, 11) is 3.06. The molecule has 0 amide bonds. The van der Waals surface area contributed by atoms with Gasteiger partial charge in [0.1, 0.15) is 23.9 Å². The van der Waals surface area contributed by atoms with Gasteiger partial charge in [-0.25, -0.2) is 4.98 Å². The van der Waals surface area contributed by atoms with E-state index in [1.807, 2.05) is 0 Å². The largest absolute Gasteiger partial charge is 0.497 e. The fourth-order valence-electron chi connectivity index (χ4n) is 1.84. The van der Waals surface area contributed by atoms with Gasteiger partial charge in [0.2, 0.25) is 4.77 Å². The minimum absolute atomic E-state index is 0.0726. The standard InChI is InChI=1S/C13H15N3O3S/c1-8-14-13(20)16(15-8)7-11(17)10-6-9(18-2)4-5-12(10)19-3/h4-6H,7H2,1-3H3,(H,14,15,20). The van der Waals surface area contributed by atoms with E-state index in [4.69, 9.17) is 21.7 Å². The Morgan fingerprint density at radius 1 is 1.40 bits per heavy atom. The highest BCUT2D eigenvalue weighted by Gasteiger charge is 2.15. The van der Waals surface area contributed by atoms with E-state index in [1.54, 1.807) is 32.2 Å². The van der Waals surface area contributed by atoms with Gasteiger partial charge in [0, 0.05) is 0 Å². The zero-order valence-electron chi connectivity index (χ0n) is 11.5. The third-order valence-electron chi connectivity index (χ3n) is 2.80. The van der Waals surface area contributed by atoms with Gasteiger partial charge in [-0.05, 0) is 37.3 Å². The summed E-state index contributed by atoms with van der Waals surface area (Å²) in [4.78, 5) is 16.4. The van der Waals surface area contributed by atoms with Crippen molar-refractivity contribution in [1.29, 1.82) is 0 Å². The summed E-state index contributed by atoms with van der Waals surface area (Å²) >= 11 is 5.06. The number of nitrogens with zero attached hydrogens (tertiary/aromatic N) is 2. The van der Waals surface area contributed by atoms with Crippen LogP contribution in [0.5, 0.6) is 11.5 Å². The number of ketones is 1. The molecule has 2 aromatic rings. The maximum absolute atomic E-state index is 12.4. The van der Waals surface area contributed by atoms with Crippen molar-refractivity contribution < 1.29 is 14.3 Å². The van der Waals surface area contributed by atoms with E-state index in [0.29, 0.717) is 27.7 Å². The summed E-state index contributed by atoms with van der Waals surface area (Å²) < 4.78 is 12.2. The van der Waals surface area contributed by atoms with Crippen LogP contribution < -0.4 is 9.47 Å². The summed E-state index contributed by atoms with van der Waals surface area (Å²) in [6.07, 6.45) is 0. The monoisotopic (exact) mass is 293 g/mol. The van der Waals surface area contributed by atoms with Crippen molar-refractivity contribution in [3.05, 3.63) is 34.4 Å². The van der Waals surface area contributed by atoms with Crippen molar-refractivity contribution in [3.63, 3.8) is 0 Å². The SMILES string of the molecule is COc1ccc(OC)c(C(=O)Cn2[nH]c(C)nc2=S)c1. The van der Waals surface area contributed by atoms with Crippen molar-refractivity contribution in [2.45, 2.75) is 13.5 Å². The Labute approximate surface area is 121 Å². The summed E-state index contributed by atoms with van der Waals surface area (Å²) in [5, 5.41) is 2.92. The van der Waals surface area contributed by atoms with Crippen LogP contribution >= 0.6 is 12.2 Å². The molecular formula is C13H15N3O3S. The number of ether oxygens (including phenoxy) is 2. The summed E-state index contributed by atoms with van der Waals surface area (Å²) in [5.41, 5.74) is 0.445. The molecule has 0 aliphatic carbocycles. The van der Waals surface area contributed by atoms with Crippen LogP contribution in [-0.2, 0) is 6.54 Å². The van der Waals surface area contributed by atoms with Gasteiger partial charge in [0.15, 0.2) is 5.78 Å². The first-order valence-corrected chi connectivity index (χ1v) is 6.34. The van der Waals surface area contributed by atoms with Gasteiger partial charge in [-0.2, -0.15) is 0 Å². The average Bonchev–Trinajstić information content (AvgIpc) is 2.76. The summed E-state index contributed by atoms with van der Waals surface area (Å²) in [6, 6.07) is 5.08. The number of carbonyl (C=O) groups is 1. The zero-order valence-corrected chi connectivity index (χ0v) is 12.3. The van der Waals surface area contributed by atoms with Gasteiger partial charge in [-0.15, -0.1) is 0 Å². The van der Waals surface area contributed by atoms with Crippen molar-refractivity contribution in [2.75, 3.05) is 14.2 Å².